The molecule has 1 atom stereocenters. The zero-order valence-corrected chi connectivity index (χ0v) is 21.3. The number of hydrogen-bond donors (Lipinski definition) is 0. The monoisotopic (exact) mass is 436 g/mol. The Balaban J connectivity index is 2.06. The summed E-state index contributed by atoms with van der Waals surface area (Å²) in [5.41, 5.74) is 5.85. The minimum absolute atomic E-state index is 0.0329. The van der Waals surface area contributed by atoms with Crippen LogP contribution in [0.15, 0.2) is 108 Å². The molecule has 0 aliphatic heterocycles. The second-order valence-corrected chi connectivity index (χ2v) is 13.8. The normalized spacial score (nSPS) is 18.7. The molecule has 0 amide bonds. The zero-order valence-electron chi connectivity index (χ0n) is 20.3. The third kappa shape index (κ3) is 3.53. The van der Waals surface area contributed by atoms with Crippen molar-refractivity contribution >= 4 is 23.6 Å². The molecule has 0 heterocycles. The molecular formula is C31H36Si. The van der Waals surface area contributed by atoms with Gasteiger partial charge in [0.25, 0.3) is 0 Å². The van der Waals surface area contributed by atoms with Crippen molar-refractivity contribution in [2.24, 2.45) is 0 Å². The highest BCUT2D eigenvalue weighted by Gasteiger charge is 2.55. The van der Waals surface area contributed by atoms with E-state index in [9.17, 15) is 0 Å². The highest BCUT2D eigenvalue weighted by atomic mass is 28.3. The molecule has 0 saturated heterocycles. The van der Waals surface area contributed by atoms with Gasteiger partial charge in [0.1, 0.15) is 0 Å². The van der Waals surface area contributed by atoms with Gasteiger partial charge in [0, 0.05) is 5.04 Å². The molecule has 0 N–H and O–H groups in total. The van der Waals surface area contributed by atoms with Gasteiger partial charge in [-0.1, -0.05) is 122 Å². The molecule has 1 unspecified atom stereocenters. The van der Waals surface area contributed by atoms with E-state index < -0.39 is 8.07 Å². The first-order chi connectivity index (χ1) is 15.4. The van der Waals surface area contributed by atoms with Crippen LogP contribution in [-0.2, 0) is 6.42 Å². The van der Waals surface area contributed by atoms with Crippen molar-refractivity contribution in [3.63, 3.8) is 0 Å². The molecule has 1 aliphatic carbocycles. The first-order valence-corrected chi connectivity index (χ1v) is 14.0. The lowest BCUT2D eigenvalue weighted by molar-refractivity contribution is 0.795. The van der Waals surface area contributed by atoms with Crippen LogP contribution in [0.4, 0.5) is 0 Å². The van der Waals surface area contributed by atoms with Crippen LogP contribution < -0.4 is 15.6 Å². The molecule has 3 aromatic rings. The second kappa shape index (κ2) is 9.08. The molecule has 0 bridgehead atoms. The summed E-state index contributed by atoms with van der Waals surface area (Å²) in [6, 6.07) is 32.3. The van der Waals surface area contributed by atoms with Crippen molar-refractivity contribution in [3.05, 3.63) is 113 Å². The molecule has 0 fully saturated rings. The predicted octanol–water partition coefficient (Wildman–Crippen LogP) is 6.56. The van der Waals surface area contributed by atoms with E-state index in [4.69, 9.17) is 0 Å². The summed E-state index contributed by atoms with van der Waals surface area (Å²) >= 11 is 0. The molecule has 1 heteroatoms. The number of aryl methyl sites for hydroxylation is 1. The number of unbranched alkanes of at least 4 members (excludes halogenated alkanes) is 1. The Morgan fingerprint density at radius 1 is 0.688 bits per heavy atom. The van der Waals surface area contributed by atoms with E-state index >= 15 is 0 Å². The van der Waals surface area contributed by atoms with Gasteiger partial charge in [-0.15, -0.1) is 0 Å². The van der Waals surface area contributed by atoms with E-state index in [0.717, 1.165) is 6.42 Å². The van der Waals surface area contributed by atoms with Crippen LogP contribution in [0.2, 0.25) is 5.04 Å². The van der Waals surface area contributed by atoms with Gasteiger partial charge in [-0.2, -0.15) is 0 Å². The molecule has 0 aromatic heterocycles. The van der Waals surface area contributed by atoms with Crippen LogP contribution in [0.5, 0.6) is 0 Å². The molecular weight excluding hydrogens is 400 g/mol. The van der Waals surface area contributed by atoms with Crippen molar-refractivity contribution in [1.82, 2.24) is 0 Å². The molecule has 0 spiro atoms. The number of rotatable bonds is 7. The van der Waals surface area contributed by atoms with Crippen molar-refractivity contribution in [1.29, 1.82) is 0 Å². The zero-order chi connectivity index (χ0) is 22.8. The average molecular weight is 437 g/mol. The lowest BCUT2D eigenvalue weighted by Gasteiger charge is -2.47. The van der Waals surface area contributed by atoms with E-state index in [2.05, 4.69) is 126 Å². The Morgan fingerprint density at radius 3 is 1.62 bits per heavy atom. The van der Waals surface area contributed by atoms with Gasteiger partial charge < -0.3 is 0 Å². The van der Waals surface area contributed by atoms with Gasteiger partial charge in [0.2, 0.25) is 0 Å². The average Bonchev–Trinajstić information content (AvgIpc) is 3.03. The fraction of sp³-hybridized carbons (Fsp3) is 0.290. The van der Waals surface area contributed by atoms with Crippen molar-refractivity contribution in [2.45, 2.75) is 58.9 Å². The first kappa shape index (κ1) is 22.5. The summed E-state index contributed by atoms with van der Waals surface area (Å²) in [6.07, 6.45) is 6.23. The largest absolute Gasteiger partial charge is 0.161 e. The van der Waals surface area contributed by atoms with E-state index in [0.29, 0.717) is 0 Å². The lowest BCUT2D eigenvalue weighted by Crippen LogP contribution is -2.73. The second-order valence-electron chi connectivity index (χ2n) is 9.56. The summed E-state index contributed by atoms with van der Waals surface area (Å²) in [5, 5.41) is 4.42. The Bertz CT molecular complexity index is 1080. The van der Waals surface area contributed by atoms with Gasteiger partial charge in [0.05, 0.1) is 0 Å². The number of allylic oxidation sites excluding steroid dienone is 4. The van der Waals surface area contributed by atoms with Crippen LogP contribution in [0, 0.1) is 0 Å². The Morgan fingerprint density at radius 2 is 1.19 bits per heavy atom. The molecule has 32 heavy (non-hydrogen) atoms. The van der Waals surface area contributed by atoms with E-state index in [1.54, 1.807) is 0 Å². The molecule has 0 nitrogen and oxygen atoms in total. The maximum atomic E-state index is 2.58. The van der Waals surface area contributed by atoms with Crippen molar-refractivity contribution in [2.75, 3.05) is 0 Å². The third-order valence-electron chi connectivity index (χ3n) is 7.84. The quantitative estimate of drug-likeness (QED) is 0.291. The minimum Gasteiger partial charge on any atom is -0.0730 e. The van der Waals surface area contributed by atoms with Gasteiger partial charge in [-0.05, 0) is 60.3 Å². The third-order valence-corrected chi connectivity index (χ3v) is 13.5. The maximum Gasteiger partial charge on any atom is 0.161 e. The fourth-order valence-corrected chi connectivity index (χ4v) is 11.8. The summed E-state index contributed by atoms with van der Waals surface area (Å²) in [4.78, 5) is 0. The topological polar surface area (TPSA) is 0 Å². The van der Waals surface area contributed by atoms with Crippen molar-refractivity contribution < 1.29 is 0 Å². The van der Waals surface area contributed by atoms with Gasteiger partial charge in [-0.3, -0.25) is 0 Å². The first-order valence-electron chi connectivity index (χ1n) is 12.0. The number of hydrogen-bond acceptors (Lipinski definition) is 0. The Kier molecular flexibility index (Phi) is 6.39. The van der Waals surface area contributed by atoms with E-state index in [1.807, 2.05) is 0 Å². The van der Waals surface area contributed by atoms with E-state index in [1.165, 1.54) is 50.7 Å². The van der Waals surface area contributed by atoms with Crippen LogP contribution in [0.25, 0.3) is 0 Å². The van der Waals surface area contributed by atoms with Gasteiger partial charge in [0.15, 0.2) is 8.07 Å². The van der Waals surface area contributed by atoms with Crippen molar-refractivity contribution in [3.8, 4) is 0 Å². The Hall–Kier alpha value is -2.64. The lowest BCUT2D eigenvalue weighted by atomic mass is 10.0. The van der Waals surface area contributed by atoms with Gasteiger partial charge in [-0.25, -0.2) is 0 Å². The highest BCUT2D eigenvalue weighted by molar-refractivity contribution is 7.14. The highest BCUT2D eigenvalue weighted by Crippen LogP contribution is 2.52. The van der Waals surface area contributed by atoms with Crippen LogP contribution in [0.1, 0.15) is 53.0 Å². The molecule has 1 aliphatic rings. The molecule has 164 valence electrons. The summed E-state index contributed by atoms with van der Waals surface area (Å²) in [5.74, 6) is 0. The standard InChI is InChI=1S/C31H36Si/c1-6-7-14-27-19-21-30(22-20-27)32(28-15-10-8-11-16-28,29-17-12-9-13-18-29)31(5)23-24(2)25(3)26(31)4/h8-13,15-23H,6-7,14H2,1-5H3. The van der Waals surface area contributed by atoms with Gasteiger partial charge >= 0.3 is 0 Å². The predicted molar refractivity (Wildman–Crippen MR) is 143 cm³/mol. The molecule has 0 saturated carbocycles. The minimum atomic E-state index is -2.45. The SMILES string of the molecule is CCCCc1ccc([Si](c2ccccc2)(c2ccccc2)C2(C)C=C(C)C(C)=C2C)cc1. The number of benzene rings is 3. The maximum absolute atomic E-state index is 2.58. The molecule has 4 rings (SSSR count). The summed E-state index contributed by atoms with van der Waals surface area (Å²) in [7, 11) is -2.45. The fourth-order valence-electron chi connectivity index (χ4n) is 5.80. The smallest absolute Gasteiger partial charge is 0.0730 e. The molecule has 0 radical (unpaired) electrons. The summed E-state index contributed by atoms with van der Waals surface area (Å²) in [6.45, 7) is 11.7. The molecule has 3 aromatic carbocycles. The Labute approximate surface area is 195 Å². The van der Waals surface area contributed by atoms with Crippen LogP contribution >= 0.6 is 0 Å². The van der Waals surface area contributed by atoms with E-state index in [-0.39, 0.29) is 5.04 Å². The van der Waals surface area contributed by atoms with Crippen LogP contribution in [0.3, 0.4) is 0 Å². The summed E-state index contributed by atoms with van der Waals surface area (Å²) < 4.78 is 0. The van der Waals surface area contributed by atoms with Crippen LogP contribution in [-0.4, -0.2) is 8.07 Å².